The number of amides is 2. The summed E-state index contributed by atoms with van der Waals surface area (Å²) >= 11 is 0. The van der Waals surface area contributed by atoms with E-state index in [1.54, 1.807) is 24.3 Å². The Morgan fingerprint density at radius 3 is 2.51 bits per heavy atom. The standard InChI is InChI=1S/C24H21F3N6O2/c1-13-20(21(24(25,26)27)32-33(13)12-15-8-6-14(11-28)7-9-15)31-23(35)17-10-19(22(29)34)30-18-5-3-2-4-16(17)18/h6-10H,2-5,12H2,1H3,(H2,29,34)(H,31,35). The molecule has 0 fully saturated rings. The Hall–Kier alpha value is -4.20. The lowest BCUT2D eigenvalue weighted by Crippen LogP contribution is -2.23. The van der Waals surface area contributed by atoms with Gasteiger partial charge in [-0.25, -0.2) is 4.98 Å². The molecule has 0 atom stereocenters. The first-order chi connectivity index (χ1) is 16.6. The van der Waals surface area contributed by atoms with Crippen LogP contribution < -0.4 is 11.1 Å². The molecule has 0 aliphatic heterocycles. The number of hydrogen-bond acceptors (Lipinski definition) is 5. The van der Waals surface area contributed by atoms with Crippen molar-refractivity contribution in [3.05, 3.63) is 75.4 Å². The molecular formula is C24H21F3N6O2. The van der Waals surface area contributed by atoms with Crippen molar-refractivity contribution in [1.82, 2.24) is 14.8 Å². The highest BCUT2D eigenvalue weighted by Crippen LogP contribution is 2.36. The topological polar surface area (TPSA) is 127 Å². The number of hydrogen-bond donors (Lipinski definition) is 2. The van der Waals surface area contributed by atoms with Crippen molar-refractivity contribution in [1.29, 1.82) is 5.26 Å². The first kappa shape index (κ1) is 23.9. The van der Waals surface area contributed by atoms with Gasteiger partial charge in [-0.2, -0.15) is 23.5 Å². The van der Waals surface area contributed by atoms with Crippen LogP contribution in [0.1, 0.15) is 67.5 Å². The maximum atomic E-state index is 13.8. The van der Waals surface area contributed by atoms with Gasteiger partial charge in [0, 0.05) is 11.3 Å². The van der Waals surface area contributed by atoms with Crippen LogP contribution in [0.3, 0.4) is 0 Å². The molecule has 11 heteroatoms. The lowest BCUT2D eigenvalue weighted by molar-refractivity contribution is -0.140. The van der Waals surface area contributed by atoms with Gasteiger partial charge in [0.05, 0.1) is 29.6 Å². The van der Waals surface area contributed by atoms with E-state index in [0.29, 0.717) is 35.2 Å². The third-order valence-electron chi connectivity index (χ3n) is 5.93. The highest BCUT2D eigenvalue weighted by Gasteiger charge is 2.39. The Labute approximate surface area is 198 Å². The molecule has 0 unspecified atom stereocenters. The van der Waals surface area contributed by atoms with Crippen molar-refractivity contribution >= 4 is 17.5 Å². The molecule has 0 spiro atoms. The van der Waals surface area contributed by atoms with Crippen molar-refractivity contribution in [3.63, 3.8) is 0 Å². The van der Waals surface area contributed by atoms with E-state index < -0.39 is 29.4 Å². The zero-order valence-corrected chi connectivity index (χ0v) is 18.7. The number of benzene rings is 1. The fraction of sp³-hybridized carbons (Fsp3) is 0.292. The van der Waals surface area contributed by atoms with Crippen LogP contribution in [0.5, 0.6) is 0 Å². The summed E-state index contributed by atoms with van der Waals surface area (Å²) in [6.07, 6.45) is -2.14. The number of aromatic nitrogens is 3. The Bertz CT molecular complexity index is 1350. The minimum atomic E-state index is -4.82. The summed E-state index contributed by atoms with van der Waals surface area (Å²) in [6.45, 7) is 1.44. The van der Waals surface area contributed by atoms with Crippen LogP contribution in [-0.4, -0.2) is 26.6 Å². The van der Waals surface area contributed by atoms with Crippen LogP contribution >= 0.6 is 0 Å². The van der Waals surface area contributed by atoms with Crippen LogP contribution in [0, 0.1) is 18.3 Å². The van der Waals surface area contributed by atoms with E-state index in [9.17, 15) is 22.8 Å². The molecule has 8 nitrogen and oxygen atoms in total. The van der Waals surface area contributed by atoms with E-state index in [2.05, 4.69) is 15.4 Å². The predicted molar refractivity (Wildman–Crippen MR) is 120 cm³/mol. The van der Waals surface area contributed by atoms with Gasteiger partial charge in [0.15, 0.2) is 5.69 Å². The van der Waals surface area contributed by atoms with E-state index in [0.717, 1.165) is 17.5 Å². The van der Waals surface area contributed by atoms with Crippen molar-refractivity contribution < 1.29 is 22.8 Å². The largest absolute Gasteiger partial charge is 0.437 e. The monoisotopic (exact) mass is 482 g/mol. The number of aryl methyl sites for hydroxylation is 1. The number of pyridine rings is 1. The molecule has 1 aromatic carbocycles. The number of alkyl halides is 3. The summed E-state index contributed by atoms with van der Waals surface area (Å²) in [5.74, 6) is -1.62. The number of nitrogens with zero attached hydrogens (tertiary/aromatic N) is 4. The number of carbonyl (C=O) groups is 2. The van der Waals surface area contributed by atoms with Crippen LogP contribution in [0.15, 0.2) is 30.3 Å². The van der Waals surface area contributed by atoms with Gasteiger partial charge in [0.1, 0.15) is 5.69 Å². The minimum Gasteiger partial charge on any atom is -0.364 e. The second-order valence-electron chi connectivity index (χ2n) is 8.28. The summed E-state index contributed by atoms with van der Waals surface area (Å²) in [6, 6.07) is 9.58. The molecule has 0 radical (unpaired) electrons. The number of primary amides is 1. The fourth-order valence-electron chi connectivity index (χ4n) is 4.12. The van der Waals surface area contributed by atoms with E-state index >= 15 is 0 Å². The third-order valence-corrected chi connectivity index (χ3v) is 5.93. The lowest BCUT2D eigenvalue weighted by atomic mass is 9.91. The van der Waals surface area contributed by atoms with Crippen molar-refractivity contribution in [2.24, 2.45) is 5.73 Å². The fourth-order valence-corrected chi connectivity index (χ4v) is 4.12. The zero-order chi connectivity index (χ0) is 25.3. The van der Waals surface area contributed by atoms with E-state index in [4.69, 9.17) is 11.0 Å². The van der Waals surface area contributed by atoms with E-state index in [-0.39, 0.29) is 23.5 Å². The highest BCUT2D eigenvalue weighted by molar-refractivity contribution is 6.07. The second-order valence-corrected chi connectivity index (χ2v) is 8.28. The highest BCUT2D eigenvalue weighted by atomic mass is 19.4. The molecule has 180 valence electrons. The SMILES string of the molecule is Cc1c(NC(=O)c2cc(C(N)=O)nc3c2CCCC3)c(C(F)(F)F)nn1Cc1ccc(C#N)cc1. The minimum absolute atomic E-state index is 0.00692. The molecule has 3 aromatic rings. The Balaban J connectivity index is 1.72. The number of nitrogens with two attached hydrogens (primary N) is 1. The van der Waals surface area contributed by atoms with E-state index in [1.807, 2.05) is 6.07 Å². The number of anilines is 1. The molecule has 4 rings (SSSR count). The number of nitrogens with one attached hydrogen (secondary N) is 1. The van der Waals surface area contributed by atoms with Gasteiger partial charge in [0.2, 0.25) is 0 Å². The first-order valence-corrected chi connectivity index (χ1v) is 10.9. The van der Waals surface area contributed by atoms with Gasteiger partial charge in [-0.1, -0.05) is 12.1 Å². The molecule has 0 bridgehead atoms. The smallest absolute Gasteiger partial charge is 0.364 e. The van der Waals surface area contributed by atoms with Crippen LogP contribution in [0.2, 0.25) is 0 Å². The molecule has 2 heterocycles. The maximum Gasteiger partial charge on any atom is 0.437 e. The number of rotatable bonds is 5. The normalized spacial score (nSPS) is 13.1. The number of halogens is 3. The van der Waals surface area contributed by atoms with Gasteiger partial charge in [-0.3, -0.25) is 14.3 Å². The molecular weight excluding hydrogens is 461 g/mol. The molecule has 35 heavy (non-hydrogen) atoms. The lowest BCUT2D eigenvalue weighted by Gasteiger charge is -2.19. The summed E-state index contributed by atoms with van der Waals surface area (Å²) in [7, 11) is 0. The molecule has 2 aromatic heterocycles. The van der Waals surface area contributed by atoms with Crippen molar-refractivity contribution in [2.75, 3.05) is 5.32 Å². The molecule has 1 aliphatic rings. The molecule has 0 saturated heterocycles. The van der Waals surface area contributed by atoms with Gasteiger partial charge in [0.25, 0.3) is 11.8 Å². The first-order valence-electron chi connectivity index (χ1n) is 10.9. The quantitative estimate of drug-likeness (QED) is 0.573. The van der Waals surface area contributed by atoms with Gasteiger partial charge < -0.3 is 11.1 Å². The van der Waals surface area contributed by atoms with Gasteiger partial charge in [-0.05, 0) is 61.9 Å². The van der Waals surface area contributed by atoms with Gasteiger partial charge >= 0.3 is 6.18 Å². The number of fused-ring (bicyclic) bond motifs is 1. The molecule has 2 amide bonds. The Morgan fingerprint density at radius 2 is 1.89 bits per heavy atom. The van der Waals surface area contributed by atoms with Crippen molar-refractivity contribution in [3.8, 4) is 6.07 Å². The summed E-state index contributed by atoms with van der Waals surface area (Å²) in [5, 5.41) is 15.0. The maximum absolute atomic E-state index is 13.8. The molecule has 1 aliphatic carbocycles. The van der Waals surface area contributed by atoms with Crippen LogP contribution in [-0.2, 0) is 25.6 Å². The van der Waals surface area contributed by atoms with Gasteiger partial charge in [-0.15, -0.1) is 0 Å². The molecule has 0 saturated carbocycles. The average molecular weight is 482 g/mol. The predicted octanol–water partition coefficient (Wildman–Crippen LogP) is 3.76. The third kappa shape index (κ3) is 4.87. The number of nitriles is 1. The van der Waals surface area contributed by atoms with Crippen LogP contribution in [0.25, 0.3) is 0 Å². The average Bonchev–Trinajstić information content (AvgIpc) is 3.14. The van der Waals surface area contributed by atoms with Crippen molar-refractivity contribution in [2.45, 2.75) is 45.3 Å². The van der Waals surface area contributed by atoms with E-state index in [1.165, 1.54) is 13.0 Å². The molecule has 3 N–H and O–H groups in total. The second kappa shape index (κ2) is 9.21. The summed E-state index contributed by atoms with van der Waals surface area (Å²) in [4.78, 5) is 29.2. The Kier molecular flexibility index (Phi) is 6.30. The van der Waals surface area contributed by atoms with Crippen LogP contribution in [0.4, 0.5) is 18.9 Å². The number of carbonyl (C=O) groups excluding carboxylic acids is 2. The summed E-state index contributed by atoms with van der Waals surface area (Å²) in [5.41, 5.74) is 5.96. The zero-order valence-electron chi connectivity index (χ0n) is 18.7. The summed E-state index contributed by atoms with van der Waals surface area (Å²) < 4.78 is 42.7. The Morgan fingerprint density at radius 1 is 1.20 bits per heavy atom.